The van der Waals surface area contributed by atoms with Crippen LogP contribution in [0.2, 0.25) is 0 Å². The van der Waals surface area contributed by atoms with E-state index in [1.165, 1.54) is 25.0 Å². The molecule has 90 valence electrons. The zero-order valence-electron chi connectivity index (χ0n) is 10.6. The predicted octanol–water partition coefficient (Wildman–Crippen LogP) is 1.60. The molecule has 1 aliphatic carbocycles. The molecule has 0 saturated heterocycles. The van der Waals surface area contributed by atoms with Gasteiger partial charge in [-0.2, -0.15) is 0 Å². The van der Waals surface area contributed by atoms with Gasteiger partial charge < -0.3 is 14.8 Å². The molecule has 3 nitrogen and oxygen atoms in total. The van der Waals surface area contributed by atoms with Crippen molar-refractivity contribution in [1.29, 1.82) is 0 Å². The molecular weight excluding hydrogens is 198 g/mol. The van der Waals surface area contributed by atoms with E-state index in [1.807, 2.05) is 0 Å². The molecule has 1 heterocycles. The Bertz CT molecular complexity index is 330. The molecule has 16 heavy (non-hydrogen) atoms. The first-order chi connectivity index (χ1) is 7.66. The van der Waals surface area contributed by atoms with Gasteiger partial charge in [0.1, 0.15) is 0 Å². The lowest BCUT2D eigenvalue weighted by Gasteiger charge is -2.19. The zero-order chi connectivity index (χ0) is 11.5. The predicted molar refractivity (Wildman–Crippen MR) is 67.4 cm³/mol. The van der Waals surface area contributed by atoms with Crippen LogP contribution in [0.15, 0.2) is 18.3 Å². The highest BCUT2D eigenvalue weighted by Crippen LogP contribution is 2.22. The van der Waals surface area contributed by atoms with Gasteiger partial charge in [-0.25, -0.2) is 0 Å². The largest absolute Gasteiger partial charge is 0.353 e. The highest BCUT2D eigenvalue weighted by atomic mass is 15.1. The number of hydrogen-bond donors (Lipinski definition) is 1. The van der Waals surface area contributed by atoms with Gasteiger partial charge in [0.05, 0.1) is 0 Å². The van der Waals surface area contributed by atoms with Crippen molar-refractivity contribution in [3.05, 3.63) is 24.0 Å². The minimum atomic E-state index is 0.697. The third-order valence-corrected chi connectivity index (χ3v) is 3.76. The maximum Gasteiger partial charge on any atom is 0.0361 e. The first kappa shape index (κ1) is 11.7. The minimum absolute atomic E-state index is 0.697. The molecular formula is C13H23N3. The van der Waals surface area contributed by atoms with E-state index in [0.717, 1.165) is 12.6 Å². The van der Waals surface area contributed by atoms with Gasteiger partial charge in [0.25, 0.3) is 0 Å². The number of aromatic nitrogens is 1. The van der Waals surface area contributed by atoms with Crippen molar-refractivity contribution in [2.45, 2.75) is 37.9 Å². The van der Waals surface area contributed by atoms with Crippen molar-refractivity contribution in [3.8, 4) is 0 Å². The summed E-state index contributed by atoms with van der Waals surface area (Å²) in [6.07, 6.45) is 6.04. The van der Waals surface area contributed by atoms with Crippen molar-refractivity contribution < 1.29 is 0 Å². The first-order valence-electron chi connectivity index (χ1n) is 6.17. The Labute approximate surface area is 98.4 Å². The van der Waals surface area contributed by atoms with Gasteiger partial charge in [0.2, 0.25) is 0 Å². The van der Waals surface area contributed by atoms with Crippen LogP contribution in [0, 0.1) is 0 Å². The Morgan fingerprint density at radius 3 is 2.81 bits per heavy atom. The number of aryl methyl sites for hydroxylation is 1. The standard InChI is InChI=1S/C13H23N3/c1-15(2)12-7-6-11(9-12)14-10-13-5-4-8-16(13)3/h4-5,8,11-12,14H,6-7,9-10H2,1-3H3. The molecule has 1 aromatic rings. The first-order valence-corrected chi connectivity index (χ1v) is 6.17. The molecule has 0 bridgehead atoms. The van der Waals surface area contributed by atoms with Crippen molar-refractivity contribution in [1.82, 2.24) is 14.8 Å². The topological polar surface area (TPSA) is 20.2 Å². The summed E-state index contributed by atoms with van der Waals surface area (Å²) in [5.74, 6) is 0. The molecule has 1 saturated carbocycles. The fraction of sp³-hybridized carbons (Fsp3) is 0.692. The van der Waals surface area contributed by atoms with Gasteiger partial charge in [-0.1, -0.05) is 0 Å². The van der Waals surface area contributed by atoms with Crippen LogP contribution in [0.5, 0.6) is 0 Å². The van der Waals surface area contributed by atoms with Crippen LogP contribution in [-0.2, 0) is 13.6 Å². The fourth-order valence-corrected chi connectivity index (χ4v) is 2.54. The Kier molecular flexibility index (Phi) is 3.66. The number of hydrogen-bond acceptors (Lipinski definition) is 2. The number of nitrogens with zero attached hydrogens (tertiary/aromatic N) is 2. The van der Waals surface area contributed by atoms with E-state index in [2.05, 4.69) is 54.3 Å². The molecule has 2 unspecified atom stereocenters. The summed E-state index contributed by atoms with van der Waals surface area (Å²) in [7, 11) is 6.47. The van der Waals surface area contributed by atoms with Crippen molar-refractivity contribution in [3.63, 3.8) is 0 Å². The summed E-state index contributed by atoms with van der Waals surface area (Å²) >= 11 is 0. The van der Waals surface area contributed by atoms with E-state index in [0.29, 0.717) is 6.04 Å². The van der Waals surface area contributed by atoms with E-state index < -0.39 is 0 Å². The van der Waals surface area contributed by atoms with E-state index in [4.69, 9.17) is 0 Å². The van der Waals surface area contributed by atoms with Crippen LogP contribution in [0.4, 0.5) is 0 Å². The summed E-state index contributed by atoms with van der Waals surface area (Å²) in [6, 6.07) is 5.76. The molecule has 2 atom stereocenters. The smallest absolute Gasteiger partial charge is 0.0361 e. The molecule has 0 amide bonds. The molecule has 1 N–H and O–H groups in total. The Hall–Kier alpha value is -0.800. The molecule has 2 rings (SSSR count). The summed E-state index contributed by atoms with van der Waals surface area (Å²) in [5, 5.41) is 3.66. The zero-order valence-corrected chi connectivity index (χ0v) is 10.6. The third-order valence-electron chi connectivity index (χ3n) is 3.76. The molecule has 1 aliphatic rings. The van der Waals surface area contributed by atoms with Crippen LogP contribution in [-0.4, -0.2) is 35.6 Å². The van der Waals surface area contributed by atoms with Crippen LogP contribution in [0.3, 0.4) is 0 Å². The quantitative estimate of drug-likeness (QED) is 0.833. The lowest BCUT2D eigenvalue weighted by molar-refractivity contribution is 0.293. The van der Waals surface area contributed by atoms with Gasteiger partial charge in [0.15, 0.2) is 0 Å². The normalized spacial score (nSPS) is 25.5. The second-order valence-electron chi connectivity index (χ2n) is 5.12. The highest BCUT2D eigenvalue weighted by Gasteiger charge is 2.25. The fourth-order valence-electron chi connectivity index (χ4n) is 2.54. The molecule has 1 aromatic heterocycles. The Morgan fingerprint density at radius 1 is 1.44 bits per heavy atom. The second kappa shape index (κ2) is 5.02. The maximum absolute atomic E-state index is 3.66. The molecule has 0 aliphatic heterocycles. The number of nitrogens with one attached hydrogen (secondary N) is 1. The third kappa shape index (κ3) is 2.66. The summed E-state index contributed by atoms with van der Waals surface area (Å²) in [5.41, 5.74) is 1.37. The molecule has 0 aromatic carbocycles. The maximum atomic E-state index is 3.66. The van der Waals surface area contributed by atoms with Gasteiger partial charge in [0, 0.05) is 37.6 Å². The van der Waals surface area contributed by atoms with Crippen LogP contribution in [0.25, 0.3) is 0 Å². The van der Waals surface area contributed by atoms with Crippen LogP contribution < -0.4 is 5.32 Å². The molecule has 1 fully saturated rings. The van der Waals surface area contributed by atoms with Gasteiger partial charge >= 0.3 is 0 Å². The SMILES string of the molecule is CN(C)C1CCC(NCc2cccn2C)C1. The molecule has 0 spiro atoms. The van der Waals surface area contributed by atoms with E-state index in [1.54, 1.807) is 0 Å². The van der Waals surface area contributed by atoms with Crippen molar-refractivity contribution >= 4 is 0 Å². The molecule has 0 radical (unpaired) electrons. The average molecular weight is 221 g/mol. The van der Waals surface area contributed by atoms with Crippen LogP contribution >= 0.6 is 0 Å². The van der Waals surface area contributed by atoms with Gasteiger partial charge in [-0.15, -0.1) is 0 Å². The van der Waals surface area contributed by atoms with Gasteiger partial charge in [-0.3, -0.25) is 0 Å². The average Bonchev–Trinajstić information content (AvgIpc) is 2.83. The highest BCUT2D eigenvalue weighted by molar-refractivity contribution is 5.06. The number of rotatable bonds is 4. The molecule has 3 heteroatoms. The monoisotopic (exact) mass is 221 g/mol. The van der Waals surface area contributed by atoms with Crippen LogP contribution in [0.1, 0.15) is 25.0 Å². The Morgan fingerprint density at radius 2 is 2.25 bits per heavy atom. The van der Waals surface area contributed by atoms with E-state index in [-0.39, 0.29) is 0 Å². The van der Waals surface area contributed by atoms with Gasteiger partial charge in [-0.05, 0) is 45.5 Å². The van der Waals surface area contributed by atoms with E-state index >= 15 is 0 Å². The summed E-state index contributed by atoms with van der Waals surface area (Å²) < 4.78 is 2.19. The van der Waals surface area contributed by atoms with Crippen molar-refractivity contribution in [2.24, 2.45) is 7.05 Å². The summed E-state index contributed by atoms with van der Waals surface area (Å²) in [6.45, 7) is 0.994. The summed E-state index contributed by atoms with van der Waals surface area (Å²) in [4.78, 5) is 2.35. The Balaban J connectivity index is 1.78. The second-order valence-corrected chi connectivity index (χ2v) is 5.12. The van der Waals surface area contributed by atoms with Crippen molar-refractivity contribution in [2.75, 3.05) is 14.1 Å². The minimum Gasteiger partial charge on any atom is -0.353 e. The lowest BCUT2D eigenvalue weighted by Crippen LogP contribution is -2.30. The van der Waals surface area contributed by atoms with E-state index in [9.17, 15) is 0 Å². The lowest BCUT2D eigenvalue weighted by atomic mass is 10.2.